The zero-order chi connectivity index (χ0) is 21.4. The highest BCUT2D eigenvalue weighted by Gasteiger charge is 2.23. The molecule has 2 atom stereocenters. The maximum absolute atomic E-state index is 12.6. The van der Waals surface area contributed by atoms with Gasteiger partial charge in [-0.05, 0) is 42.2 Å². The van der Waals surface area contributed by atoms with Crippen molar-refractivity contribution in [1.82, 2.24) is 10.3 Å². The number of ketones is 1. The number of nitrogens with one attached hydrogen (secondary N) is 2. The fourth-order valence-electron chi connectivity index (χ4n) is 3.16. The molecule has 0 saturated carbocycles. The molecule has 2 aromatic rings. The number of ether oxygens (including phenoxy) is 1. The minimum Gasteiger partial charge on any atom is -0.489 e. The van der Waals surface area contributed by atoms with Crippen molar-refractivity contribution in [2.45, 2.75) is 39.7 Å². The van der Waals surface area contributed by atoms with Gasteiger partial charge in [0.25, 0.3) is 0 Å². The van der Waals surface area contributed by atoms with Gasteiger partial charge < -0.3 is 15.0 Å². The SMILES string of the molecule is C=C/C=C(\C=C)COc1ccc2[nH]cc(CC(=O)NC(C(C)=O)[C@@H](C)CC)c2c1. The molecule has 5 heteroatoms. The van der Waals surface area contributed by atoms with Gasteiger partial charge in [0.15, 0.2) is 5.78 Å². The summed E-state index contributed by atoms with van der Waals surface area (Å²) < 4.78 is 5.84. The van der Waals surface area contributed by atoms with E-state index >= 15 is 0 Å². The molecule has 0 saturated heterocycles. The normalized spacial score (nSPS) is 13.6. The first-order valence-electron chi connectivity index (χ1n) is 9.86. The van der Waals surface area contributed by atoms with Gasteiger partial charge >= 0.3 is 0 Å². The summed E-state index contributed by atoms with van der Waals surface area (Å²) in [5.41, 5.74) is 2.71. The predicted molar refractivity (Wildman–Crippen MR) is 118 cm³/mol. The van der Waals surface area contributed by atoms with E-state index in [1.54, 1.807) is 12.2 Å². The van der Waals surface area contributed by atoms with Crippen molar-refractivity contribution in [1.29, 1.82) is 0 Å². The fourth-order valence-corrected chi connectivity index (χ4v) is 3.16. The molecule has 1 aromatic heterocycles. The van der Waals surface area contributed by atoms with Crippen LogP contribution in [-0.2, 0) is 16.0 Å². The Morgan fingerprint density at radius 3 is 2.69 bits per heavy atom. The Kier molecular flexibility index (Phi) is 8.01. The molecule has 1 amide bonds. The molecule has 0 fully saturated rings. The van der Waals surface area contributed by atoms with E-state index in [-0.39, 0.29) is 24.0 Å². The Labute approximate surface area is 172 Å². The van der Waals surface area contributed by atoms with Crippen LogP contribution in [-0.4, -0.2) is 29.3 Å². The highest BCUT2D eigenvalue weighted by atomic mass is 16.5. The predicted octanol–water partition coefficient (Wildman–Crippen LogP) is 4.51. The summed E-state index contributed by atoms with van der Waals surface area (Å²) in [4.78, 5) is 27.6. The molecule has 1 aromatic carbocycles. The molecule has 154 valence electrons. The number of aromatic nitrogens is 1. The van der Waals surface area contributed by atoms with E-state index in [0.717, 1.165) is 28.5 Å². The number of H-pyrrole nitrogens is 1. The molecule has 0 aliphatic rings. The zero-order valence-corrected chi connectivity index (χ0v) is 17.5. The lowest BCUT2D eigenvalue weighted by atomic mass is 9.96. The number of hydrogen-bond donors (Lipinski definition) is 2. The van der Waals surface area contributed by atoms with Crippen LogP contribution >= 0.6 is 0 Å². The van der Waals surface area contributed by atoms with E-state index < -0.39 is 6.04 Å². The van der Waals surface area contributed by atoms with Gasteiger partial charge in [0.1, 0.15) is 12.4 Å². The van der Waals surface area contributed by atoms with Crippen molar-refractivity contribution in [3.63, 3.8) is 0 Å². The van der Waals surface area contributed by atoms with E-state index in [1.165, 1.54) is 6.92 Å². The first-order chi connectivity index (χ1) is 13.9. The largest absolute Gasteiger partial charge is 0.489 e. The van der Waals surface area contributed by atoms with Gasteiger partial charge in [-0.1, -0.05) is 51.7 Å². The quantitative estimate of drug-likeness (QED) is 0.551. The number of hydrogen-bond acceptors (Lipinski definition) is 3. The number of amides is 1. The van der Waals surface area contributed by atoms with Crippen LogP contribution in [0.2, 0.25) is 0 Å². The van der Waals surface area contributed by atoms with Crippen molar-refractivity contribution >= 4 is 22.6 Å². The van der Waals surface area contributed by atoms with E-state index in [2.05, 4.69) is 23.5 Å². The molecular weight excluding hydrogens is 364 g/mol. The average Bonchev–Trinajstić information content (AvgIpc) is 3.10. The molecule has 5 nitrogen and oxygen atoms in total. The molecule has 0 aliphatic heterocycles. The molecule has 2 N–H and O–H groups in total. The van der Waals surface area contributed by atoms with Gasteiger partial charge in [-0.3, -0.25) is 9.59 Å². The molecule has 0 aliphatic carbocycles. The molecular formula is C24H30N2O3. The Morgan fingerprint density at radius 2 is 2.07 bits per heavy atom. The second-order valence-electron chi connectivity index (χ2n) is 7.21. The van der Waals surface area contributed by atoms with Crippen LogP contribution in [0.25, 0.3) is 10.9 Å². The summed E-state index contributed by atoms with van der Waals surface area (Å²) in [6, 6.07) is 5.27. The third-order valence-electron chi connectivity index (χ3n) is 5.06. The standard InChI is InChI=1S/C24H30N2O3/c1-6-9-18(8-3)15-29-20-10-11-22-21(13-20)19(14-25-22)12-23(28)26-24(17(5)27)16(4)7-2/h6,8-11,13-14,16,24-25H,1,3,7,12,15H2,2,4-5H3,(H,26,28)/b18-9+/t16-,24?/m0/s1. The summed E-state index contributed by atoms with van der Waals surface area (Å²) in [6.07, 6.45) is 8.12. The molecule has 0 radical (unpaired) electrons. The van der Waals surface area contributed by atoms with E-state index in [9.17, 15) is 9.59 Å². The van der Waals surface area contributed by atoms with Crippen LogP contribution in [0.5, 0.6) is 5.75 Å². The van der Waals surface area contributed by atoms with Gasteiger partial charge in [-0.25, -0.2) is 0 Å². The second kappa shape index (κ2) is 10.5. The number of carbonyl (C=O) groups is 2. The number of Topliss-reactive ketones (excluding diaryl/α,β-unsaturated/α-hetero) is 1. The summed E-state index contributed by atoms with van der Waals surface area (Å²) >= 11 is 0. The van der Waals surface area contributed by atoms with Crippen LogP contribution in [0.1, 0.15) is 32.8 Å². The average molecular weight is 395 g/mol. The van der Waals surface area contributed by atoms with Gasteiger partial charge in [0.05, 0.1) is 12.5 Å². The van der Waals surface area contributed by atoms with Crippen molar-refractivity contribution in [3.8, 4) is 5.75 Å². The lowest BCUT2D eigenvalue weighted by Gasteiger charge is -2.21. The van der Waals surface area contributed by atoms with E-state index in [1.807, 2.05) is 44.3 Å². The number of fused-ring (bicyclic) bond motifs is 1. The topological polar surface area (TPSA) is 71.2 Å². The Morgan fingerprint density at radius 1 is 1.31 bits per heavy atom. The Hall–Kier alpha value is -3.08. The highest BCUT2D eigenvalue weighted by Crippen LogP contribution is 2.25. The maximum atomic E-state index is 12.6. The molecule has 1 heterocycles. The first-order valence-corrected chi connectivity index (χ1v) is 9.86. The molecule has 29 heavy (non-hydrogen) atoms. The van der Waals surface area contributed by atoms with Crippen molar-refractivity contribution in [2.75, 3.05) is 6.61 Å². The number of benzene rings is 1. The van der Waals surface area contributed by atoms with Crippen molar-refractivity contribution in [2.24, 2.45) is 5.92 Å². The third kappa shape index (κ3) is 5.95. The summed E-state index contributed by atoms with van der Waals surface area (Å²) in [7, 11) is 0. The molecule has 2 rings (SSSR count). The molecule has 0 spiro atoms. The van der Waals surface area contributed by atoms with Gasteiger partial charge in [-0.15, -0.1) is 0 Å². The maximum Gasteiger partial charge on any atom is 0.225 e. The van der Waals surface area contributed by atoms with E-state index in [4.69, 9.17) is 4.74 Å². The second-order valence-corrected chi connectivity index (χ2v) is 7.21. The first kappa shape index (κ1) is 22.2. The minimum atomic E-state index is -0.453. The monoisotopic (exact) mass is 394 g/mol. The lowest BCUT2D eigenvalue weighted by molar-refractivity contribution is -0.127. The summed E-state index contributed by atoms with van der Waals surface area (Å²) in [5.74, 6) is 0.618. The van der Waals surface area contributed by atoms with Crippen molar-refractivity contribution in [3.05, 3.63) is 66.9 Å². The summed E-state index contributed by atoms with van der Waals surface area (Å²) in [5, 5.41) is 3.81. The Bertz CT molecular complexity index is 923. The van der Waals surface area contributed by atoms with Crippen LogP contribution in [0.15, 0.2) is 61.4 Å². The van der Waals surface area contributed by atoms with Crippen LogP contribution in [0, 0.1) is 5.92 Å². The smallest absolute Gasteiger partial charge is 0.225 e. The zero-order valence-electron chi connectivity index (χ0n) is 17.5. The highest BCUT2D eigenvalue weighted by molar-refractivity contribution is 5.92. The van der Waals surface area contributed by atoms with Gasteiger partial charge in [-0.2, -0.15) is 0 Å². The van der Waals surface area contributed by atoms with Gasteiger partial charge in [0, 0.05) is 17.1 Å². The van der Waals surface area contributed by atoms with Crippen LogP contribution in [0.4, 0.5) is 0 Å². The Balaban J connectivity index is 2.14. The fraction of sp³-hybridized carbons (Fsp3) is 0.333. The number of aromatic amines is 1. The van der Waals surface area contributed by atoms with Gasteiger partial charge in [0.2, 0.25) is 5.91 Å². The van der Waals surface area contributed by atoms with Crippen molar-refractivity contribution < 1.29 is 14.3 Å². The molecule has 0 bridgehead atoms. The van der Waals surface area contributed by atoms with E-state index in [0.29, 0.717) is 12.4 Å². The van der Waals surface area contributed by atoms with Crippen LogP contribution < -0.4 is 10.1 Å². The minimum absolute atomic E-state index is 0.0204. The summed E-state index contributed by atoms with van der Waals surface area (Å²) in [6.45, 7) is 13.3. The molecule has 1 unspecified atom stereocenters. The number of carbonyl (C=O) groups excluding carboxylic acids is 2. The lowest BCUT2D eigenvalue weighted by Crippen LogP contribution is -2.44. The number of allylic oxidation sites excluding steroid dienone is 2. The third-order valence-corrected chi connectivity index (χ3v) is 5.06. The number of rotatable bonds is 11. The van der Waals surface area contributed by atoms with Crippen LogP contribution in [0.3, 0.4) is 0 Å².